The van der Waals surface area contributed by atoms with Crippen LogP contribution >= 0.6 is 0 Å². The standard InChI is InChI=1S/C11H15N5O6S/c1-23(19,20)22-8-7(18)5(2-17)21-11(8)16-4-15-6-9(12)13-3-14-10(6)16/h3-5,7-8,11,17-18H,2H2,1H3,(H2,12,13,14)/t5-,7+,8-,11-/m1/s1. The second kappa shape index (κ2) is 5.65. The number of aliphatic hydroxyl groups is 2. The molecule has 3 rings (SSSR count). The number of hydrogen-bond donors (Lipinski definition) is 3. The lowest BCUT2D eigenvalue weighted by atomic mass is 10.1. The molecule has 4 atom stereocenters. The summed E-state index contributed by atoms with van der Waals surface area (Å²) in [6.07, 6.45) is -1.29. The molecule has 2 aromatic heterocycles. The van der Waals surface area contributed by atoms with Crippen molar-refractivity contribution in [2.24, 2.45) is 0 Å². The minimum atomic E-state index is -3.87. The van der Waals surface area contributed by atoms with Gasteiger partial charge in [-0.1, -0.05) is 0 Å². The number of fused-ring (bicyclic) bond motifs is 1. The van der Waals surface area contributed by atoms with E-state index in [0.29, 0.717) is 5.52 Å². The van der Waals surface area contributed by atoms with E-state index in [1.165, 1.54) is 17.2 Å². The van der Waals surface area contributed by atoms with Gasteiger partial charge in [-0.2, -0.15) is 8.42 Å². The third-order valence-electron chi connectivity index (χ3n) is 3.44. The number of aromatic nitrogens is 4. The molecule has 0 spiro atoms. The molecular weight excluding hydrogens is 330 g/mol. The van der Waals surface area contributed by atoms with Gasteiger partial charge in [0.2, 0.25) is 0 Å². The molecule has 3 heterocycles. The van der Waals surface area contributed by atoms with Crippen LogP contribution in [0.25, 0.3) is 11.2 Å². The van der Waals surface area contributed by atoms with Crippen LogP contribution in [0.2, 0.25) is 0 Å². The van der Waals surface area contributed by atoms with Crippen molar-refractivity contribution in [1.29, 1.82) is 0 Å². The Morgan fingerprint density at radius 3 is 2.83 bits per heavy atom. The second-order valence-electron chi connectivity index (χ2n) is 5.09. The van der Waals surface area contributed by atoms with Crippen LogP contribution in [0.3, 0.4) is 0 Å². The molecule has 0 radical (unpaired) electrons. The Labute approximate surface area is 130 Å². The Balaban J connectivity index is 2.05. The normalized spacial score (nSPS) is 28.5. The number of ether oxygens (including phenoxy) is 1. The minimum absolute atomic E-state index is 0.145. The molecule has 1 aliphatic heterocycles. The molecule has 1 aliphatic rings. The first-order valence-electron chi connectivity index (χ1n) is 6.57. The number of nitrogens with zero attached hydrogens (tertiary/aromatic N) is 4. The van der Waals surface area contributed by atoms with Gasteiger partial charge in [0.1, 0.15) is 24.1 Å². The highest BCUT2D eigenvalue weighted by Gasteiger charge is 2.47. The van der Waals surface area contributed by atoms with Crippen molar-refractivity contribution in [2.45, 2.75) is 24.5 Å². The average molecular weight is 345 g/mol. The van der Waals surface area contributed by atoms with Crippen LogP contribution in [-0.4, -0.2) is 69.3 Å². The van der Waals surface area contributed by atoms with E-state index in [9.17, 15) is 18.6 Å². The quantitative estimate of drug-likeness (QED) is 0.528. The van der Waals surface area contributed by atoms with Crippen LogP contribution < -0.4 is 5.73 Å². The van der Waals surface area contributed by atoms with Crippen molar-refractivity contribution in [3.05, 3.63) is 12.7 Å². The van der Waals surface area contributed by atoms with E-state index in [0.717, 1.165) is 6.26 Å². The molecular formula is C11H15N5O6S. The maximum absolute atomic E-state index is 11.4. The Bertz CT molecular complexity index is 823. The van der Waals surface area contributed by atoms with Crippen molar-refractivity contribution in [3.63, 3.8) is 0 Å². The van der Waals surface area contributed by atoms with Gasteiger partial charge in [0.05, 0.1) is 19.2 Å². The van der Waals surface area contributed by atoms with Gasteiger partial charge in [-0.15, -0.1) is 0 Å². The fourth-order valence-corrected chi connectivity index (χ4v) is 3.07. The molecule has 0 bridgehead atoms. The average Bonchev–Trinajstić information content (AvgIpc) is 3.01. The van der Waals surface area contributed by atoms with E-state index in [1.54, 1.807) is 0 Å². The Hall–Kier alpha value is -1.86. The topological polar surface area (TPSA) is 163 Å². The zero-order chi connectivity index (χ0) is 16.8. The van der Waals surface area contributed by atoms with Gasteiger partial charge in [-0.05, 0) is 0 Å². The number of imidazole rings is 1. The molecule has 2 aromatic rings. The number of nitrogen functional groups attached to an aromatic ring is 1. The summed E-state index contributed by atoms with van der Waals surface area (Å²) in [5, 5.41) is 19.4. The number of aliphatic hydroxyl groups excluding tert-OH is 2. The van der Waals surface area contributed by atoms with Crippen molar-refractivity contribution in [2.75, 3.05) is 18.6 Å². The highest BCUT2D eigenvalue weighted by molar-refractivity contribution is 7.86. The zero-order valence-electron chi connectivity index (χ0n) is 12.0. The van der Waals surface area contributed by atoms with Crippen molar-refractivity contribution < 1.29 is 27.6 Å². The third-order valence-corrected chi connectivity index (χ3v) is 4.01. The maximum Gasteiger partial charge on any atom is 0.264 e. The number of hydrogen-bond acceptors (Lipinski definition) is 10. The molecule has 0 aliphatic carbocycles. The lowest BCUT2D eigenvalue weighted by Crippen LogP contribution is -2.36. The second-order valence-corrected chi connectivity index (χ2v) is 6.69. The van der Waals surface area contributed by atoms with Crippen LogP contribution in [0.1, 0.15) is 6.23 Å². The number of anilines is 1. The molecule has 4 N–H and O–H groups in total. The van der Waals surface area contributed by atoms with Gasteiger partial charge >= 0.3 is 0 Å². The first-order chi connectivity index (χ1) is 10.8. The molecule has 0 unspecified atom stereocenters. The summed E-state index contributed by atoms with van der Waals surface area (Å²) < 4.78 is 34.7. The zero-order valence-corrected chi connectivity index (χ0v) is 12.8. The van der Waals surface area contributed by atoms with Crippen LogP contribution in [0.4, 0.5) is 5.82 Å². The Morgan fingerprint density at radius 1 is 1.43 bits per heavy atom. The van der Waals surface area contributed by atoms with E-state index in [4.69, 9.17) is 14.7 Å². The van der Waals surface area contributed by atoms with Gasteiger partial charge in [0, 0.05) is 0 Å². The SMILES string of the molecule is CS(=O)(=O)O[C@@H]1[C@@H](O)[C@@H](CO)O[C@H]1n1cnc2c(N)ncnc21. The highest BCUT2D eigenvalue weighted by atomic mass is 32.2. The first-order valence-corrected chi connectivity index (χ1v) is 8.39. The van der Waals surface area contributed by atoms with Crippen molar-refractivity contribution in [1.82, 2.24) is 19.5 Å². The van der Waals surface area contributed by atoms with Crippen LogP contribution in [0, 0.1) is 0 Å². The van der Waals surface area contributed by atoms with Gasteiger partial charge in [-0.25, -0.2) is 15.0 Å². The minimum Gasteiger partial charge on any atom is -0.394 e. The van der Waals surface area contributed by atoms with E-state index in [-0.39, 0.29) is 11.5 Å². The summed E-state index contributed by atoms with van der Waals surface area (Å²) in [6, 6.07) is 0. The summed E-state index contributed by atoms with van der Waals surface area (Å²) in [6.45, 7) is -0.509. The van der Waals surface area contributed by atoms with Gasteiger partial charge in [-0.3, -0.25) is 8.75 Å². The van der Waals surface area contributed by atoms with Crippen molar-refractivity contribution >= 4 is 27.1 Å². The largest absolute Gasteiger partial charge is 0.394 e. The third kappa shape index (κ3) is 2.86. The first kappa shape index (κ1) is 16.0. The summed E-state index contributed by atoms with van der Waals surface area (Å²) in [5.74, 6) is 0.145. The van der Waals surface area contributed by atoms with E-state index >= 15 is 0 Å². The van der Waals surface area contributed by atoms with Gasteiger partial charge in [0.15, 0.2) is 23.8 Å². The van der Waals surface area contributed by atoms with Crippen LogP contribution in [-0.2, 0) is 19.0 Å². The number of rotatable bonds is 4. The molecule has 12 heteroatoms. The predicted molar refractivity (Wildman–Crippen MR) is 76.5 cm³/mol. The lowest BCUT2D eigenvalue weighted by molar-refractivity contribution is -0.0483. The molecule has 0 amide bonds. The molecule has 11 nitrogen and oxygen atoms in total. The van der Waals surface area contributed by atoms with Gasteiger partial charge < -0.3 is 20.7 Å². The Morgan fingerprint density at radius 2 is 2.17 bits per heavy atom. The van der Waals surface area contributed by atoms with Crippen molar-refractivity contribution in [3.8, 4) is 0 Å². The molecule has 23 heavy (non-hydrogen) atoms. The van der Waals surface area contributed by atoms with Gasteiger partial charge in [0.25, 0.3) is 10.1 Å². The number of nitrogens with two attached hydrogens (primary N) is 1. The lowest BCUT2D eigenvalue weighted by Gasteiger charge is -2.20. The monoisotopic (exact) mass is 345 g/mol. The molecule has 126 valence electrons. The highest BCUT2D eigenvalue weighted by Crippen LogP contribution is 2.34. The molecule has 1 saturated heterocycles. The molecule has 1 fully saturated rings. The predicted octanol–water partition coefficient (Wildman–Crippen LogP) is -2.00. The van der Waals surface area contributed by atoms with Crippen LogP contribution in [0.5, 0.6) is 0 Å². The van der Waals surface area contributed by atoms with E-state index in [1.807, 2.05) is 0 Å². The smallest absolute Gasteiger partial charge is 0.264 e. The summed E-state index contributed by atoms with van der Waals surface area (Å²) in [4.78, 5) is 11.9. The fourth-order valence-electron chi connectivity index (χ4n) is 2.45. The van der Waals surface area contributed by atoms with E-state index < -0.39 is 41.3 Å². The maximum atomic E-state index is 11.4. The summed E-state index contributed by atoms with van der Waals surface area (Å²) in [7, 11) is -3.87. The molecule has 0 aromatic carbocycles. The summed E-state index contributed by atoms with van der Waals surface area (Å²) >= 11 is 0. The fraction of sp³-hybridized carbons (Fsp3) is 0.545. The van der Waals surface area contributed by atoms with Crippen LogP contribution in [0.15, 0.2) is 12.7 Å². The van der Waals surface area contributed by atoms with E-state index in [2.05, 4.69) is 15.0 Å². The molecule has 0 saturated carbocycles. The Kier molecular flexibility index (Phi) is 3.93. The summed E-state index contributed by atoms with van der Waals surface area (Å²) in [5.41, 5.74) is 6.29.